The second-order valence-corrected chi connectivity index (χ2v) is 4.74. The van der Waals surface area contributed by atoms with Crippen LogP contribution in [0.1, 0.15) is 18.1 Å². The molecule has 0 fully saturated rings. The number of nitrogens with zero attached hydrogens (tertiary/aromatic N) is 1. The molecule has 2 aromatic rings. The SMILES string of the molecule is CCc1c(-c2cccc(C)c2I)noc1N. The van der Waals surface area contributed by atoms with E-state index in [-0.39, 0.29) is 0 Å². The van der Waals surface area contributed by atoms with E-state index >= 15 is 0 Å². The third-order valence-corrected chi connectivity index (χ3v) is 4.05. The highest BCUT2D eigenvalue weighted by Gasteiger charge is 2.16. The summed E-state index contributed by atoms with van der Waals surface area (Å²) in [4.78, 5) is 0. The standard InChI is InChI=1S/C12H13IN2O/c1-3-8-11(15-16-12(8)14)9-6-4-5-7(2)10(9)13/h4-6H,3,14H2,1-2H3. The molecular weight excluding hydrogens is 315 g/mol. The van der Waals surface area contributed by atoms with E-state index in [4.69, 9.17) is 10.3 Å². The highest BCUT2D eigenvalue weighted by molar-refractivity contribution is 14.1. The average molecular weight is 328 g/mol. The van der Waals surface area contributed by atoms with Crippen molar-refractivity contribution in [2.75, 3.05) is 5.73 Å². The van der Waals surface area contributed by atoms with Crippen LogP contribution in [-0.4, -0.2) is 5.16 Å². The molecule has 84 valence electrons. The summed E-state index contributed by atoms with van der Waals surface area (Å²) in [5.74, 6) is 0.426. The van der Waals surface area contributed by atoms with E-state index in [0.29, 0.717) is 5.88 Å². The van der Waals surface area contributed by atoms with Crippen molar-refractivity contribution >= 4 is 28.5 Å². The van der Waals surface area contributed by atoms with Gasteiger partial charge in [-0.3, -0.25) is 0 Å². The zero-order valence-electron chi connectivity index (χ0n) is 9.25. The van der Waals surface area contributed by atoms with Gasteiger partial charge in [0.15, 0.2) is 0 Å². The fourth-order valence-electron chi connectivity index (χ4n) is 1.71. The van der Waals surface area contributed by atoms with E-state index < -0.39 is 0 Å². The lowest BCUT2D eigenvalue weighted by molar-refractivity contribution is 0.438. The number of aromatic nitrogens is 1. The van der Waals surface area contributed by atoms with Crippen LogP contribution in [0.15, 0.2) is 22.7 Å². The molecule has 0 saturated carbocycles. The monoisotopic (exact) mass is 328 g/mol. The van der Waals surface area contributed by atoms with Crippen LogP contribution in [0.4, 0.5) is 5.88 Å². The van der Waals surface area contributed by atoms with Gasteiger partial charge in [-0.1, -0.05) is 30.3 Å². The van der Waals surface area contributed by atoms with Crippen molar-refractivity contribution in [2.24, 2.45) is 0 Å². The molecule has 2 N–H and O–H groups in total. The molecular formula is C12H13IN2O. The van der Waals surface area contributed by atoms with Crippen LogP contribution < -0.4 is 5.73 Å². The lowest BCUT2D eigenvalue weighted by Gasteiger charge is -2.05. The molecule has 4 heteroatoms. The lowest BCUT2D eigenvalue weighted by atomic mass is 10.0. The van der Waals surface area contributed by atoms with E-state index in [1.807, 2.05) is 12.1 Å². The van der Waals surface area contributed by atoms with Crippen molar-refractivity contribution in [3.05, 3.63) is 32.9 Å². The molecule has 0 saturated heterocycles. The summed E-state index contributed by atoms with van der Waals surface area (Å²) >= 11 is 2.33. The van der Waals surface area contributed by atoms with Gasteiger partial charge in [0.2, 0.25) is 5.88 Å². The van der Waals surface area contributed by atoms with Crippen molar-refractivity contribution in [3.8, 4) is 11.3 Å². The molecule has 0 aliphatic heterocycles. The number of aryl methyl sites for hydroxylation is 1. The highest BCUT2D eigenvalue weighted by Crippen LogP contribution is 2.32. The van der Waals surface area contributed by atoms with Gasteiger partial charge in [0.25, 0.3) is 0 Å². The Labute approximate surface area is 108 Å². The smallest absolute Gasteiger partial charge is 0.225 e. The number of anilines is 1. The Morgan fingerprint density at radius 2 is 2.19 bits per heavy atom. The number of halogens is 1. The minimum Gasteiger partial charge on any atom is -0.367 e. The molecule has 0 radical (unpaired) electrons. The maximum Gasteiger partial charge on any atom is 0.225 e. The van der Waals surface area contributed by atoms with Gasteiger partial charge in [-0.15, -0.1) is 0 Å². The first-order valence-electron chi connectivity index (χ1n) is 5.14. The van der Waals surface area contributed by atoms with E-state index in [0.717, 1.165) is 23.2 Å². The summed E-state index contributed by atoms with van der Waals surface area (Å²) in [6.45, 7) is 4.13. The molecule has 2 rings (SSSR count). The molecule has 1 heterocycles. The summed E-state index contributed by atoms with van der Waals surface area (Å²) in [7, 11) is 0. The summed E-state index contributed by atoms with van der Waals surface area (Å²) in [6, 6.07) is 6.16. The molecule has 1 aromatic carbocycles. The molecule has 0 aliphatic rings. The average Bonchev–Trinajstić information content (AvgIpc) is 2.63. The van der Waals surface area contributed by atoms with Gasteiger partial charge in [-0.2, -0.15) is 0 Å². The molecule has 0 unspecified atom stereocenters. The first-order chi connectivity index (χ1) is 7.65. The van der Waals surface area contributed by atoms with Gasteiger partial charge in [0.05, 0.1) is 0 Å². The second-order valence-electron chi connectivity index (χ2n) is 3.66. The highest BCUT2D eigenvalue weighted by atomic mass is 127. The summed E-state index contributed by atoms with van der Waals surface area (Å²) in [5, 5.41) is 4.05. The van der Waals surface area contributed by atoms with Gasteiger partial charge in [-0.25, -0.2) is 0 Å². The van der Waals surface area contributed by atoms with Crippen molar-refractivity contribution in [1.82, 2.24) is 5.16 Å². The predicted octanol–water partition coefficient (Wildman–Crippen LogP) is 3.40. The normalized spacial score (nSPS) is 10.7. The maximum absolute atomic E-state index is 5.75. The number of hydrogen-bond acceptors (Lipinski definition) is 3. The van der Waals surface area contributed by atoms with E-state index in [9.17, 15) is 0 Å². The number of hydrogen-bond donors (Lipinski definition) is 1. The van der Waals surface area contributed by atoms with Crippen molar-refractivity contribution in [2.45, 2.75) is 20.3 Å². The van der Waals surface area contributed by atoms with Gasteiger partial charge >= 0.3 is 0 Å². The molecule has 0 spiro atoms. The number of nitrogen functional groups attached to an aromatic ring is 1. The minimum absolute atomic E-state index is 0.426. The summed E-state index contributed by atoms with van der Waals surface area (Å²) < 4.78 is 6.26. The maximum atomic E-state index is 5.75. The fourth-order valence-corrected chi connectivity index (χ4v) is 2.32. The third kappa shape index (κ3) is 1.81. The van der Waals surface area contributed by atoms with Crippen LogP contribution in [0.2, 0.25) is 0 Å². The van der Waals surface area contributed by atoms with E-state index in [1.165, 1.54) is 9.13 Å². The minimum atomic E-state index is 0.426. The Morgan fingerprint density at radius 1 is 1.44 bits per heavy atom. The third-order valence-electron chi connectivity index (χ3n) is 2.62. The van der Waals surface area contributed by atoms with Crippen LogP contribution in [0.3, 0.4) is 0 Å². The number of rotatable bonds is 2. The lowest BCUT2D eigenvalue weighted by Crippen LogP contribution is -1.92. The topological polar surface area (TPSA) is 52.0 Å². The summed E-state index contributed by atoms with van der Waals surface area (Å²) in [6.07, 6.45) is 0.828. The van der Waals surface area contributed by atoms with Crippen LogP contribution in [0, 0.1) is 10.5 Å². The first kappa shape index (κ1) is 11.4. The Morgan fingerprint density at radius 3 is 2.88 bits per heavy atom. The number of benzene rings is 1. The zero-order chi connectivity index (χ0) is 11.7. The van der Waals surface area contributed by atoms with Crippen LogP contribution in [-0.2, 0) is 6.42 Å². The number of nitrogens with two attached hydrogens (primary N) is 1. The Hall–Kier alpha value is -1.04. The molecule has 0 amide bonds. The molecule has 0 bridgehead atoms. The second kappa shape index (κ2) is 4.45. The predicted molar refractivity (Wildman–Crippen MR) is 73.2 cm³/mol. The van der Waals surface area contributed by atoms with Crippen molar-refractivity contribution in [1.29, 1.82) is 0 Å². The van der Waals surface area contributed by atoms with Crippen LogP contribution in [0.25, 0.3) is 11.3 Å². The molecule has 3 nitrogen and oxygen atoms in total. The quantitative estimate of drug-likeness (QED) is 0.860. The van der Waals surface area contributed by atoms with Crippen LogP contribution in [0.5, 0.6) is 0 Å². The zero-order valence-corrected chi connectivity index (χ0v) is 11.4. The van der Waals surface area contributed by atoms with Crippen LogP contribution >= 0.6 is 22.6 Å². The largest absolute Gasteiger partial charge is 0.367 e. The Kier molecular flexibility index (Phi) is 3.18. The van der Waals surface area contributed by atoms with Gasteiger partial charge in [-0.05, 0) is 41.5 Å². The van der Waals surface area contributed by atoms with Gasteiger partial charge < -0.3 is 10.3 Å². The fraction of sp³-hybridized carbons (Fsp3) is 0.250. The van der Waals surface area contributed by atoms with Gasteiger partial charge in [0, 0.05) is 14.7 Å². The molecule has 1 aromatic heterocycles. The van der Waals surface area contributed by atoms with Gasteiger partial charge in [0.1, 0.15) is 5.69 Å². The van der Waals surface area contributed by atoms with Crippen molar-refractivity contribution in [3.63, 3.8) is 0 Å². The molecule has 16 heavy (non-hydrogen) atoms. The van der Waals surface area contributed by atoms with E-state index in [2.05, 4.69) is 47.7 Å². The van der Waals surface area contributed by atoms with E-state index in [1.54, 1.807) is 0 Å². The Balaban J connectivity index is 2.63. The molecule has 0 atom stereocenters. The summed E-state index contributed by atoms with van der Waals surface area (Å²) in [5.41, 5.74) is 9.94. The Bertz CT molecular complexity index is 520. The molecule has 0 aliphatic carbocycles. The van der Waals surface area contributed by atoms with Crippen molar-refractivity contribution < 1.29 is 4.52 Å². The first-order valence-corrected chi connectivity index (χ1v) is 6.22.